The van der Waals surface area contributed by atoms with Gasteiger partial charge in [0, 0.05) is 17.1 Å². The number of rotatable bonds is 6. The highest BCUT2D eigenvalue weighted by Gasteiger charge is 2.46. The molecule has 2 heterocycles. The number of aliphatic imine (C=N–C) groups is 1. The molecule has 4 rings (SSSR count). The molecule has 0 spiro atoms. The van der Waals surface area contributed by atoms with E-state index in [-0.39, 0.29) is 11.8 Å². The zero-order chi connectivity index (χ0) is 21.1. The molecular weight excluding hydrogens is 400 g/mol. The summed E-state index contributed by atoms with van der Waals surface area (Å²) in [6, 6.07) is 0.313. The Hall–Kier alpha value is -1.02. The van der Waals surface area contributed by atoms with Crippen molar-refractivity contribution in [3.05, 3.63) is 23.1 Å². The second kappa shape index (κ2) is 10.1. The number of ether oxygens (including phenoxy) is 2. The fourth-order valence-corrected chi connectivity index (χ4v) is 6.04. The van der Waals surface area contributed by atoms with E-state index in [4.69, 9.17) is 9.47 Å². The van der Waals surface area contributed by atoms with E-state index in [0.29, 0.717) is 36.8 Å². The van der Waals surface area contributed by atoms with E-state index in [1.165, 1.54) is 30.6 Å². The van der Waals surface area contributed by atoms with Gasteiger partial charge in [-0.1, -0.05) is 57.8 Å². The first kappa shape index (κ1) is 22.2. The summed E-state index contributed by atoms with van der Waals surface area (Å²) in [5.41, 5.74) is 0. The minimum Gasteiger partial charge on any atom is -0.464 e. The minimum atomic E-state index is -0.821. The molecule has 0 radical (unpaired) electrons. The van der Waals surface area contributed by atoms with Crippen LogP contribution in [0.1, 0.15) is 52.4 Å². The zero-order valence-corrected chi connectivity index (χ0v) is 18.9. The molecule has 7 heteroatoms. The molecule has 2 fully saturated rings. The normalized spacial score (nSPS) is 39.1. The summed E-state index contributed by atoms with van der Waals surface area (Å²) in [5, 5.41) is 24.0. The van der Waals surface area contributed by atoms with Gasteiger partial charge in [0.2, 0.25) is 0 Å². The van der Waals surface area contributed by atoms with Gasteiger partial charge in [-0.3, -0.25) is 0 Å². The van der Waals surface area contributed by atoms with Gasteiger partial charge in [-0.2, -0.15) is 0 Å². The number of hydrogen-bond donors (Lipinski definition) is 3. The molecule has 168 valence electrons. The van der Waals surface area contributed by atoms with Gasteiger partial charge >= 0.3 is 0 Å². The quantitative estimate of drug-likeness (QED) is 0.552. The second-order valence-corrected chi connectivity index (χ2v) is 10.5. The molecule has 30 heavy (non-hydrogen) atoms. The highest BCUT2D eigenvalue weighted by atomic mass is 32.2. The van der Waals surface area contributed by atoms with E-state index in [2.05, 4.69) is 42.4 Å². The average Bonchev–Trinajstić information content (AvgIpc) is 3.20. The third-order valence-electron chi connectivity index (χ3n) is 7.08. The molecule has 0 aromatic heterocycles. The van der Waals surface area contributed by atoms with Gasteiger partial charge in [-0.15, -0.1) is 11.8 Å². The topological polar surface area (TPSA) is 83.3 Å². The van der Waals surface area contributed by atoms with Crippen molar-refractivity contribution in [2.24, 2.45) is 34.6 Å². The third kappa shape index (κ3) is 5.42. The van der Waals surface area contributed by atoms with Crippen LogP contribution in [0.4, 0.5) is 0 Å². The highest BCUT2D eigenvalue weighted by Crippen LogP contribution is 2.41. The van der Waals surface area contributed by atoms with Gasteiger partial charge < -0.3 is 25.0 Å². The lowest BCUT2D eigenvalue weighted by Crippen LogP contribution is -2.57. The molecular formula is C23H36N2O4S. The maximum Gasteiger partial charge on any atom is 0.289 e. The van der Waals surface area contributed by atoms with Gasteiger partial charge in [-0.25, -0.2) is 4.99 Å². The van der Waals surface area contributed by atoms with E-state index in [1.54, 1.807) is 11.8 Å². The molecule has 7 unspecified atom stereocenters. The summed E-state index contributed by atoms with van der Waals surface area (Å²) in [6.45, 7) is 4.96. The Morgan fingerprint density at radius 1 is 1.23 bits per heavy atom. The monoisotopic (exact) mass is 436 g/mol. The van der Waals surface area contributed by atoms with Gasteiger partial charge in [0.15, 0.2) is 12.5 Å². The van der Waals surface area contributed by atoms with Crippen molar-refractivity contribution < 1.29 is 19.7 Å². The van der Waals surface area contributed by atoms with Crippen LogP contribution >= 0.6 is 11.8 Å². The van der Waals surface area contributed by atoms with Crippen LogP contribution in [0.3, 0.4) is 0 Å². The van der Waals surface area contributed by atoms with Crippen LogP contribution in [0.2, 0.25) is 0 Å². The molecule has 2 aliphatic carbocycles. The van der Waals surface area contributed by atoms with Crippen molar-refractivity contribution in [1.82, 2.24) is 5.32 Å². The Morgan fingerprint density at radius 2 is 2.03 bits per heavy atom. The fourth-order valence-electron chi connectivity index (χ4n) is 5.15. The number of amidine groups is 1. The van der Waals surface area contributed by atoms with Crippen molar-refractivity contribution in [3.63, 3.8) is 0 Å². The zero-order valence-electron chi connectivity index (χ0n) is 18.1. The van der Waals surface area contributed by atoms with Crippen LogP contribution in [0.25, 0.3) is 0 Å². The SMILES string of the molecule is CC1C=CC(SCCOC2=NC3OC(O)CC(CC4CCCC4)C3C(O)N2)=CC1C. The standard InChI is InChI=1S/C23H36N2O4S/c1-14-7-8-18(11-15(14)2)30-10-9-28-23-24-21(27)20-17(12-16-5-3-4-6-16)13-19(26)29-22(20)25-23/h7-8,11,14-17,19-22,26-27H,3-6,9-10,12-13H2,1-2H3,(H,24,25). The first-order valence-electron chi connectivity index (χ1n) is 11.5. The molecule has 0 aromatic carbocycles. The second-order valence-electron chi connectivity index (χ2n) is 9.31. The predicted octanol–water partition coefficient (Wildman–Crippen LogP) is 3.62. The number of thioether (sulfide) groups is 1. The smallest absolute Gasteiger partial charge is 0.289 e. The molecule has 6 nitrogen and oxygen atoms in total. The highest BCUT2D eigenvalue weighted by molar-refractivity contribution is 8.03. The summed E-state index contributed by atoms with van der Waals surface area (Å²) in [7, 11) is 0. The first-order chi connectivity index (χ1) is 14.5. The maximum atomic E-state index is 10.8. The van der Waals surface area contributed by atoms with Crippen LogP contribution in [0.5, 0.6) is 0 Å². The van der Waals surface area contributed by atoms with Gasteiger partial charge in [0.05, 0.1) is 5.92 Å². The van der Waals surface area contributed by atoms with Crippen molar-refractivity contribution >= 4 is 17.8 Å². The van der Waals surface area contributed by atoms with Crippen LogP contribution in [0.15, 0.2) is 28.1 Å². The van der Waals surface area contributed by atoms with E-state index in [0.717, 1.165) is 12.2 Å². The lowest BCUT2D eigenvalue weighted by molar-refractivity contribution is -0.220. The van der Waals surface area contributed by atoms with E-state index in [9.17, 15) is 10.2 Å². The number of fused-ring (bicyclic) bond motifs is 1. The third-order valence-corrected chi connectivity index (χ3v) is 8.05. The van der Waals surface area contributed by atoms with Gasteiger partial charge in [-0.05, 0) is 30.1 Å². The van der Waals surface area contributed by atoms with Crippen molar-refractivity contribution in [2.75, 3.05) is 12.4 Å². The number of aliphatic hydroxyl groups excluding tert-OH is 2. The Morgan fingerprint density at radius 3 is 2.80 bits per heavy atom. The van der Waals surface area contributed by atoms with Crippen LogP contribution in [-0.4, -0.2) is 47.3 Å². The molecule has 0 bridgehead atoms. The van der Waals surface area contributed by atoms with Crippen molar-refractivity contribution in [1.29, 1.82) is 0 Å². The molecule has 3 N–H and O–H groups in total. The van der Waals surface area contributed by atoms with Crippen LogP contribution in [-0.2, 0) is 9.47 Å². The van der Waals surface area contributed by atoms with E-state index >= 15 is 0 Å². The Kier molecular flexibility index (Phi) is 7.44. The molecule has 1 saturated carbocycles. The lowest BCUT2D eigenvalue weighted by Gasteiger charge is -2.44. The van der Waals surface area contributed by atoms with Gasteiger partial charge in [0.25, 0.3) is 6.02 Å². The number of allylic oxidation sites excluding steroid dienone is 3. The maximum absolute atomic E-state index is 10.8. The van der Waals surface area contributed by atoms with Gasteiger partial charge in [0.1, 0.15) is 12.8 Å². The number of nitrogens with zero attached hydrogens (tertiary/aromatic N) is 1. The lowest BCUT2D eigenvalue weighted by atomic mass is 9.77. The van der Waals surface area contributed by atoms with Crippen LogP contribution in [0, 0.1) is 29.6 Å². The molecule has 4 aliphatic rings. The molecule has 1 saturated heterocycles. The summed E-state index contributed by atoms with van der Waals surface area (Å²) < 4.78 is 11.5. The number of aliphatic hydroxyl groups is 2. The largest absolute Gasteiger partial charge is 0.464 e. The molecule has 7 atom stereocenters. The molecule has 0 amide bonds. The minimum absolute atomic E-state index is 0.142. The van der Waals surface area contributed by atoms with Crippen molar-refractivity contribution in [3.8, 4) is 0 Å². The summed E-state index contributed by atoms with van der Waals surface area (Å²) >= 11 is 1.77. The Bertz CT molecular complexity index is 676. The number of hydrogen-bond acceptors (Lipinski definition) is 7. The average molecular weight is 437 g/mol. The summed E-state index contributed by atoms with van der Waals surface area (Å²) in [5.74, 6) is 2.71. The van der Waals surface area contributed by atoms with E-state index < -0.39 is 18.7 Å². The van der Waals surface area contributed by atoms with E-state index in [1.807, 2.05) is 0 Å². The molecule has 0 aromatic rings. The molecule has 2 aliphatic heterocycles. The number of nitrogens with one attached hydrogen (secondary N) is 1. The van der Waals surface area contributed by atoms with Crippen LogP contribution < -0.4 is 5.32 Å². The van der Waals surface area contributed by atoms with Crippen molar-refractivity contribution in [2.45, 2.75) is 71.1 Å². The first-order valence-corrected chi connectivity index (χ1v) is 12.5. The Balaban J connectivity index is 1.29. The predicted molar refractivity (Wildman–Crippen MR) is 120 cm³/mol. The summed E-state index contributed by atoms with van der Waals surface area (Å²) in [4.78, 5) is 5.81. The fraction of sp³-hybridized carbons (Fsp3) is 0.783. The summed E-state index contributed by atoms with van der Waals surface area (Å²) in [6.07, 6.45) is 11.3. The Labute approximate surface area is 184 Å².